The molecule has 2 heteroatoms. The van der Waals surface area contributed by atoms with Gasteiger partial charge in [-0.05, 0) is 37.5 Å². The zero-order valence-corrected chi connectivity index (χ0v) is 11.7. The Morgan fingerprint density at radius 2 is 1.56 bits per heavy atom. The number of carbonyl (C=O) groups excluding carboxylic acids is 1. The van der Waals surface area contributed by atoms with Crippen molar-refractivity contribution in [2.45, 2.75) is 60.5 Å². The van der Waals surface area contributed by atoms with Crippen molar-refractivity contribution in [3.8, 4) is 0 Å². The van der Waals surface area contributed by atoms with Crippen LogP contribution in [0.3, 0.4) is 0 Å². The van der Waals surface area contributed by atoms with Crippen molar-refractivity contribution in [2.75, 3.05) is 0 Å². The van der Waals surface area contributed by atoms with E-state index in [0.29, 0.717) is 18.3 Å². The van der Waals surface area contributed by atoms with Crippen LogP contribution in [0.25, 0.3) is 0 Å². The molecule has 0 fully saturated rings. The molecule has 0 aliphatic rings. The third-order valence-electron chi connectivity index (χ3n) is 3.32. The molecule has 0 bridgehead atoms. The smallest absolute Gasteiger partial charge is 0.133 e. The number of aliphatic hydroxyl groups excluding tert-OH is 1. The van der Waals surface area contributed by atoms with Gasteiger partial charge in [-0.2, -0.15) is 0 Å². The van der Waals surface area contributed by atoms with Crippen LogP contribution >= 0.6 is 0 Å². The zero-order chi connectivity index (χ0) is 12.9. The van der Waals surface area contributed by atoms with E-state index in [1.807, 2.05) is 13.8 Å². The summed E-state index contributed by atoms with van der Waals surface area (Å²) in [6.07, 6.45) is 1.28. The second-order valence-electron chi connectivity index (χ2n) is 5.87. The van der Waals surface area contributed by atoms with Gasteiger partial charge >= 0.3 is 0 Å². The van der Waals surface area contributed by atoms with Gasteiger partial charge in [0.05, 0.1) is 6.10 Å². The minimum atomic E-state index is -0.348. The maximum Gasteiger partial charge on any atom is 0.133 e. The minimum Gasteiger partial charge on any atom is -0.393 e. The van der Waals surface area contributed by atoms with Crippen LogP contribution in [0.2, 0.25) is 0 Å². The Balaban J connectivity index is 4.28. The van der Waals surface area contributed by atoms with Crippen molar-refractivity contribution in [1.29, 1.82) is 0 Å². The van der Waals surface area contributed by atoms with Gasteiger partial charge in [0, 0.05) is 5.92 Å². The van der Waals surface area contributed by atoms with E-state index in [0.717, 1.165) is 6.42 Å². The van der Waals surface area contributed by atoms with E-state index in [1.165, 1.54) is 0 Å². The molecule has 0 saturated carbocycles. The molecule has 1 N–H and O–H groups in total. The highest BCUT2D eigenvalue weighted by Crippen LogP contribution is 2.24. The summed E-state index contributed by atoms with van der Waals surface area (Å²) in [5.41, 5.74) is 0. The molecule has 0 unspecified atom stereocenters. The number of ketones is 1. The monoisotopic (exact) mass is 228 g/mol. The Labute approximate surface area is 100 Å². The number of rotatable bonds is 7. The first-order valence-electron chi connectivity index (χ1n) is 6.44. The van der Waals surface area contributed by atoms with Crippen molar-refractivity contribution in [3.63, 3.8) is 0 Å². The van der Waals surface area contributed by atoms with E-state index in [1.54, 1.807) is 6.92 Å². The van der Waals surface area contributed by atoms with E-state index in [9.17, 15) is 9.90 Å². The maximum atomic E-state index is 11.5. The Morgan fingerprint density at radius 3 is 1.88 bits per heavy atom. The lowest BCUT2D eigenvalue weighted by Crippen LogP contribution is -2.28. The summed E-state index contributed by atoms with van der Waals surface area (Å²) in [7, 11) is 0. The first-order chi connectivity index (χ1) is 7.25. The predicted octanol–water partition coefficient (Wildman–Crippen LogP) is 3.28. The van der Waals surface area contributed by atoms with Crippen LogP contribution in [0.4, 0.5) is 0 Å². The topological polar surface area (TPSA) is 37.3 Å². The normalized spacial score (nSPS) is 17.6. The molecule has 0 spiro atoms. The molecule has 16 heavy (non-hydrogen) atoms. The van der Waals surface area contributed by atoms with Gasteiger partial charge in [0.2, 0.25) is 0 Å². The van der Waals surface area contributed by atoms with Gasteiger partial charge in [-0.15, -0.1) is 0 Å². The van der Waals surface area contributed by atoms with E-state index in [-0.39, 0.29) is 23.7 Å². The van der Waals surface area contributed by atoms with Crippen molar-refractivity contribution in [3.05, 3.63) is 0 Å². The molecule has 3 atom stereocenters. The molecule has 0 aromatic rings. The van der Waals surface area contributed by atoms with Crippen LogP contribution in [0.5, 0.6) is 0 Å². The van der Waals surface area contributed by atoms with E-state index >= 15 is 0 Å². The van der Waals surface area contributed by atoms with Gasteiger partial charge in [0.1, 0.15) is 5.78 Å². The quantitative estimate of drug-likeness (QED) is 0.726. The van der Waals surface area contributed by atoms with Crippen LogP contribution in [-0.4, -0.2) is 17.0 Å². The fraction of sp³-hybridized carbons (Fsp3) is 0.929. The number of carbonyl (C=O) groups is 1. The zero-order valence-electron chi connectivity index (χ0n) is 11.7. The molecule has 0 aliphatic carbocycles. The SMILES string of the molecule is CC(=O)[C@@H](C[C@H](O)[C@@H](C)CC(C)C)C(C)C. The number of aliphatic hydroxyl groups is 1. The Morgan fingerprint density at radius 1 is 1.06 bits per heavy atom. The van der Waals surface area contributed by atoms with Crippen LogP contribution in [0.1, 0.15) is 54.4 Å². The fourth-order valence-electron chi connectivity index (χ4n) is 2.30. The summed E-state index contributed by atoms with van der Waals surface area (Å²) >= 11 is 0. The molecule has 2 nitrogen and oxygen atoms in total. The molecular weight excluding hydrogens is 200 g/mol. The molecule has 0 heterocycles. The van der Waals surface area contributed by atoms with E-state index in [4.69, 9.17) is 0 Å². The lowest BCUT2D eigenvalue weighted by atomic mass is 9.82. The predicted molar refractivity (Wildman–Crippen MR) is 68.3 cm³/mol. The van der Waals surface area contributed by atoms with Crippen molar-refractivity contribution < 1.29 is 9.90 Å². The molecule has 0 aromatic heterocycles. The van der Waals surface area contributed by atoms with Gasteiger partial charge in [-0.3, -0.25) is 4.79 Å². The first-order valence-corrected chi connectivity index (χ1v) is 6.44. The van der Waals surface area contributed by atoms with Crippen molar-refractivity contribution in [2.24, 2.45) is 23.7 Å². The van der Waals surface area contributed by atoms with Crippen molar-refractivity contribution >= 4 is 5.78 Å². The van der Waals surface area contributed by atoms with Gasteiger partial charge < -0.3 is 5.11 Å². The third kappa shape index (κ3) is 5.64. The summed E-state index contributed by atoms with van der Waals surface area (Å²) in [4.78, 5) is 11.5. The molecule has 96 valence electrons. The van der Waals surface area contributed by atoms with E-state index < -0.39 is 0 Å². The summed E-state index contributed by atoms with van der Waals surface area (Å²) < 4.78 is 0. The third-order valence-corrected chi connectivity index (χ3v) is 3.32. The molecule has 0 aromatic carbocycles. The highest BCUT2D eigenvalue weighted by Gasteiger charge is 2.25. The highest BCUT2D eigenvalue weighted by atomic mass is 16.3. The van der Waals surface area contributed by atoms with Crippen LogP contribution in [0.15, 0.2) is 0 Å². The maximum absolute atomic E-state index is 11.5. The van der Waals surface area contributed by atoms with Crippen LogP contribution < -0.4 is 0 Å². The fourth-order valence-corrected chi connectivity index (χ4v) is 2.30. The van der Waals surface area contributed by atoms with Crippen LogP contribution in [-0.2, 0) is 4.79 Å². The minimum absolute atomic E-state index is 0.00427. The second-order valence-corrected chi connectivity index (χ2v) is 5.87. The van der Waals surface area contributed by atoms with E-state index in [2.05, 4.69) is 20.8 Å². The Bertz CT molecular complexity index is 209. The lowest BCUT2D eigenvalue weighted by Gasteiger charge is -2.26. The Kier molecular flexibility index (Phi) is 6.89. The van der Waals surface area contributed by atoms with Gasteiger partial charge in [0.25, 0.3) is 0 Å². The highest BCUT2D eigenvalue weighted by molar-refractivity contribution is 5.78. The summed E-state index contributed by atoms with van der Waals surface area (Å²) in [5.74, 6) is 1.40. The standard InChI is InChI=1S/C14H28O2/c1-9(2)7-11(5)14(16)8-13(10(3)4)12(6)15/h9-11,13-14,16H,7-8H2,1-6H3/t11-,13-,14-/m0/s1. The first kappa shape index (κ1) is 15.6. The van der Waals surface area contributed by atoms with Crippen LogP contribution in [0, 0.1) is 23.7 Å². The average molecular weight is 228 g/mol. The number of hydrogen-bond acceptors (Lipinski definition) is 2. The molecule has 0 amide bonds. The van der Waals surface area contributed by atoms with Gasteiger partial charge in [-0.1, -0.05) is 34.6 Å². The lowest BCUT2D eigenvalue weighted by molar-refractivity contribution is -0.123. The molecule has 0 rings (SSSR count). The average Bonchev–Trinajstić information content (AvgIpc) is 2.11. The second kappa shape index (κ2) is 7.05. The summed E-state index contributed by atoms with van der Waals surface area (Å²) in [6, 6.07) is 0. The van der Waals surface area contributed by atoms with Crippen molar-refractivity contribution in [1.82, 2.24) is 0 Å². The number of hydrogen-bond donors (Lipinski definition) is 1. The molecular formula is C14H28O2. The largest absolute Gasteiger partial charge is 0.393 e. The Hall–Kier alpha value is -0.370. The summed E-state index contributed by atoms with van der Waals surface area (Å²) in [5, 5.41) is 10.1. The molecule has 0 saturated heterocycles. The number of Topliss-reactive ketones (excluding diaryl/α,β-unsaturated/α-hetero) is 1. The van der Waals surface area contributed by atoms with Gasteiger partial charge in [-0.25, -0.2) is 0 Å². The van der Waals surface area contributed by atoms with Gasteiger partial charge in [0.15, 0.2) is 0 Å². The molecule has 0 aliphatic heterocycles. The summed E-state index contributed by atoms with van der Waals surface area (Å²) in [6.45, 7) is 12.1. The molecule has 0 radical (unpaired) electrons.